The minimum absolute atomic E-state index is 0.0306. The van der Waals surface area contributed by atoms with Gasteiger partial charge in [-0.05, 0) is 49.5 Å². The molecule has 0 aromatic carbocycles. The summed E-state index contributed by atoms with van der Waals surface area (Å²) in [4.78, 5) is 24.9. The number of aromatic nitrogens is 4. The predicted octanol–water partition coefficient (Wildman–Crippen LogP) is 1.70. The average molecular weight is 439 g/mol. The first-order chi connectivity index (χ1) is 14.4. The van der Waals surface area contributed by atoms with E-state index in [1.807, 2.05) is 0 Å². The third-order valence-corrected chi connectivity index (χ3v) is 5.99. The van der Waals surface area contributed by atoms with Crippen molar-refractivity contribution in [2.24, 2.45) is 23.5 Å². The van der Waals surface area contributed by atoms with Gasteiger partial charge in [-0.3, -0.25) is 14.3 Å². The van der Waals surface area contributed by atoms with Crippen molar-refractivity contribution in [2.75, 3.05) is 19.0 Å². The second-order valence-electron chi connectivity index (χ2n) is 8.03. The average Bonchev–Trinajstić information content (AvgIpc) is 3.63. The lowest BCUT2D eigenvalue weighted by Gasteiger charge is -2.22. The normalized spacial score (nSPS) is 18.4. The number of rotatable bonds is 9. The third-order valence-electron chi connectivity index (χ3n) is 5.80. The fourth-order valence-electron chi connectivity index (χ4n) is 4.05. The number of hydrogen-bond acceptors (Lipinski definition) is 6. The van der Waals surface area contributed by atoms with Crippen molar-refractivity contribution in [2.45, 2.75) is 37.8 Å². The number of aromatic amines is 1. The molecule has 0 radical (unpaired) electrons. The lowest BCUT2D eigenvalue weighted by Crippen LogP contribution is -2.43. The number of anilines is 1. The maximum absolute atomic E-state index is 14.5. The molecule has 2 aromatic rings. The van der Waals surface area contributed by atoms with E-state index < -0.39 is 29.5 Å². The Labute approximate surface area is 177 Å². The fourth-order valence-corrected chi connectivity index (χ4v) is 4.21. The Morgan fingerprint density at radius 3 is 2.70 bits per heavy atom. The largest absolute Gasteiger partial charge is 0.382 e. The van der Waals surface area contributed by atoms with Crippen molar-refractivity contribution in [1.29, 1.82) is 0 Å². The van der Waals surface area contributed by atoms with Crippen molar-refractivity contribution in [1.82, 2.24) is 20.0 Å². The topological polar surface area (TPSA) is 128 Å². The van der Waals surface area contributed by atoms with Crippen LogP contribution in [0.15, 0.2) is 17.1 Å². The molecule has 2 fully saturated rings. The monoisotopic (exact) mass is 438 g/mol. The summed E-state index contributed by atoms with van der Waals surface area (Å²) in [5.74, 6) is -0.185. The molecular weight excluding hydrogens is 415 g/mol. The maximum Gasteiger partial charge on any atom is 0.269 e. The number of nitrogens with one attached hydrogen (secondary N) is 2. The number of H-pyrrole nitrogens is 1. The molecule has 2 aliphatic carbocycles. The number of carbonyl (C=O) groups is 1. The summed E-state index contributed by atoms with van der Waals surface area (Å²) in [5, 5.41) is 12.4. The number of hydrogen-bond donors (Lipinski definition) is 3. The van der Waals surface area contributed by atoms with Gasteiger partial charge in [0.05, 0.1) is 18.8 Å². The van der Waals surface area contributed by atoms with Gasteiger partial charge in [0.25, 0.3) is 11.5 Å². The van der Waals surface area contributed by atoms with Gasteiger partial charge in [0, 0.05) is 12.7 Å². The van der Waals surface area contributed by atoms with Gasteiger partial charge in [-0.15, -0.1) is 5.10 Å². The van der Waals surface area contributed by atoms with Crippen LogP contribution in [0, 0.1) is 23.7 Å². The van der Waals surface area contributed by atoms with Gasteiger partial charge in [-0.1, -0.05) is 11.6 Å². The number of nitrogens with two attached hydrogens (primary N) is 1. The minimum atomic E-state index is -0.873. The van der Waals surface area contributed by atoms with E-state index in [0.717, 1.165) is 25.7 Å². The van der Waals surface area contributed by atoms with Crippen LogP contribution in [-0.2, 0) is 9.53 Å². The summed E-state index contributed by atoms with van der Waals surface area (Å²) in [7, 11) is 1.45. The zero-order valence-corrected chi connectivity index (χ0v) is 17.2. The van der Waals surface area contributed by atoms with E-state index in [4.69, 9.17) is 22.1 Å². The first-order valence-electron chi connectivity index (χ1n) is 9.94. The number of ether oxygens (including phenoxy) is 1. The van der Waals surface area contributed by atoms with E-state index in [-0.39, 0.29) is 28.9 Å². The summed E-state index contributed by atoms with van der Waals surface area (Å²) in [5.41, 5.74) is 5.84. The Morgan fingerprint density at radius 1 is 1.43 bits per heavy atom. The molecule has 162 valence electrons. The van der Waals surface area contributed by atoms with E-state index in [0.29, 0.717) is 11.8 Å². The molecule has 2 aromatic heterocycles. The second-order valence-corrected chi connectivity index (χ2v) is 8.41. The number of halogens is 2. The van der Waals surface area contributed by atoms with Crippen molar-refractivity contribution in [3.05, 3.63) is 39.3 Å². The van der Waals surface area contributed by atoms with Crippen LogP contribution >= 0.6 is 11.6 Å². The van der Waals surface area contributed by atoms with Gasteiger partial charge < -0.3 is 15.8 Å². The second kappa shape index (κ2) is 8.44. The number of methoxy groups -OCH3 is 1. The maximum atomic E-state index is 14.5. The number of nitrogens with zero attached hydrogens (tertiary/aromatic N) is 3. The summed E-state index contributed by atoms with van der Waals surface area (Å²) in [6.45, 7) is 0.0306. The molecule has 11 heteroatoms. The molecule has 1 amide bonds. The highest BCUT2D eigenvalue weighted by Gasteiger charge is 2.46. The van der Waals surface area contributed by atoms with E-state index in [1.54, 1.807) is 0 Å². The zero-order chi connectivity index (χ0) is 21.4. The van der Waals surface area contributed by atoms with Crippen LogP contribution in [0.4, 0.5) is 10.1 Å². The highest BCUT2D eigenvalue weighted by atomic mass is 35.5. The van der Waals surface area contributed by atoms with E-state index >= 15 is 0 Å². The molecule has 9 nitrogen and oxygen atoms in total. The number of carbonyl (C=O) groups excluding carboxylic acids is 1. The highest BCUT2D eigenvalue weighted by Crippen LogP contribution is 2.50. The molecule has 30 heavy (non-hydrogen) atoms. The van der Waals surface area contributed by atoms with Crippen LogP contribution in [0.2, 0.25) is 5.15 Å². The predicted molar refractivity (Wildman–Crippen MR) is 108 cm³/mol. The van der Waals surface area contributed by atoms with Crippen LogP contribution in [0.1, 0.15) is 37.3 Å². The highest BCUT2D eigenvalue weighted by molar-refractivity contribution is 6.29. The molecule has 1 unspecified atom stereocenters. The van der Waals surface area contributed by atoms with Crippen molar-refractivity contribution in [3.8, 4) is 0 Å². The molecule has 0 spiro atoms. The van der Waals surface area contributed by atoms with Crippen molar-refractivity contribution < 1.29 is 13.9 Å². The standard InChI is InChI=1S/C19H24ClFN6O3/c1-30-8-13(11-6-14(20)24-25-18(11)28)27-7-12(17(21)26-27)23-19(29)16(22)15(9-2-3-9)10-4-5-10/h6-7,9-10,13,15-16H,2-5,8,22H2,1H3,(H,23,29)(H,25,28)/t13?,16-/m0/s1. The van der Waals surface area contributed by atoms with Crippen LogP contribution in [0.25, 0.3) is 0 Å². The molecule has 2 saturated carbocycles. The quantitative estimate of drug-likeness (QED) is 0.546. The van der Waals surface area contributed by atoms with Crippen molar-refractivity contribution in [3.63, 3.8) is 0 Å². The molecule has 0 saturated heterocycles. The fraction of sp³-hybridized carbons (Fsp3) is 0.579. The van der Waals surface area contributed by atoms with Gasteiger partial charge >= 0.3 is 0 Å². The van der Waals surface area contributed by atoms with Crippen molar-refractivity contribution >= 4 is 23.2 Å². The van der Waals surface area contributed by atoms with E-state index in [2.05, 4.69) is 20.6 Å². The summed E-state index contributed by atoms with van der Waals surface area (Å²) in [6, 6.07) is -0.0867. The summed E-state index contributed by atoms with van der Waals surface area (Å²) >= 11 is 5.88. The van der Waals surface area contributed by atoms with Crippen LogP contribution < -0.4 is 16.6 Å². The van der Waals surface area contributed by atoms with Crippen LogP contribution in [0.5, 0.6) is 0 Å². The van der Waals surface area contributed by atoms with Gasteiger partial charge in [0.2, 0.25) is 5.91 Å². The molecule has 2 aliphatic rings. The van der Waals surface area contributed by atoms with Gasteiger partial charge in [-0.2, -0.15) is 9.49 Å². The van der Waals surface area contributed by atoms with Crippen LogP contribution in [0.3, 0.4) is 0 Å². The van der Waals surface area contributed by atoms with Crippen LogP contribution in [-0.4, -0.2) is 45.6 Å². The SMILES string of the molecule is COCC(c1cc(Cl)n[nH]c1=O)n1cc(NC(=O)[C@@H](N)C(C2CC2)C2CC2)c(F)n1. The van der Waals surface area contributed by atoms with E-state index in [9.17, 15) is 14.0 Å². The lowest BCUT2D eigenvalue weighted by atomic mass is 9.89. The first kappa shape index (κ1) is 21.0. The Morgan fingerprint density at radius 2 is 2.10 bits per heavy atom. The Bertz CT molecular complexity index is 975. The minimum Gasteiger partial charge on any atom is -0.382 e. The molecule has 0 bridgehead atoms. The summed E-state index contributed by atoms with van der Waals surface area (Å²) < 4.78 is 20.9. The van der Waals surface area contributed by atoms with E-state index in [1.165, 1.54) is 24.1 Å². The zero-order valence-electron chi connectivity index (χ0n) is 16.5. The van der Waals surface area contributed by atoms with Gasteiger partial charge in [0.1, 0.15) is 16.9 Å². The van der Waals surface area contributed by atoms with Gasteiger partial charge in [0.15, 0.2) is 0 Å². The third kappa shape index (κ3) is 4.40. The Kier molecular flexibility index (Phi) is 5.90. The Balaban J connectivity index is 1.54. The molecular formula is C19H24ClFN6O3. The molecule has 2 heterocycles. The first-order valence-corrected chi connectivity index (χ1v) is 10.3. The van der Waals surface area contributed by atoms with Gasteiger partial charge in [-0.25, -0.2) is 5.10 Å². The number of amides is 1. The molecule has 2 atom stereocenters. The lowest BCUT2D eigenvalue weighted by molar-refractivity contribution is -0.118. The Hall–Kier alpha value is -2.30. The smallest absolute Gasteiger partial charge is 0.269 e. The summed E-state index contributed by atoms with van der Waals surface area (Å²) in [6.07, 6.45) is 5.69. The molecule has 0 aliphatic heterocycles. The molecule has 4 N–H and O–H groups in total. The molecule has 4 rings (SSSR count).